The van der Waals surface area contributed by atoms with Crippen molar-refractivity contribution in [3.63, 3.8) is 0 Å². The number of hydrogen-bond acceptors (Lipinski definition) is 1. The van der Waals surface area contributed by atoms with Gasteiger partial charge in [-0.3, -0.25) is 0 Å². The Labute approximate surface area is 43.7 Å². The fourth-order valence-electron chi connectivity index (χ4n) is 0.606. The predicted octanol–water partition coefficient (Wildman–Crippen LogP) is 0.199. The first kappa shape index (κ1) is 5.06. The zero-order valence-electron chi connectivity index (χ0n) is 4.64. The molecule has 1 saturated heterocycles. The van der Waals surface area contributed by atoms with Gasteiger partial charge >= 0.3 is 0 Å². The zero-order chi connectivity index (χ0) is 5.11. The molecule has 0 atom stereocenters. The minimum absolute atomic E-state index is 0.876. The van der Waals surface area contributed by atoms with Crippen molar-refractivity contribution in [3.8, 4) is 0 Å². The van der Waals surface area contributed by atoms with Gasteiger partial charge in [-0.2, -0.15) is 0 Å². The largest absolute Gasteiger partial charge is 0.421 e. The SMILES string of the molecule is C[O+]1CCOCC1. The maximum absolute atomic E-state index is 5.08. The Kier molecular flexibility index (Phi) is 1.65. The molecule has 0 N–H and O–H groups in total. The molecule has 1 fully saturated rings. The second-order valence-corrected chi connectivity index (χ2v) is 1.80. The van der Waals surface area contributed by atoms with Gasteiger partial charge in [-0.05, 0) is 0 Å². The van der Waals surface area contributed by atoms with Gasteiger partial charge < -0.3 is 9.10 Å². The highest BCUT2D eigenvalue weighted by molar-refractivity contribution is 4.42. The average molecular weight is 103 g/mol. The second-order valence-electron chi connectivity index (χ2n) is 1.80. The molecule has 1 aliphatic rings. The first-order valence-corrected chi connectivity index (χ1v) is 2.56. The van der Waals surface area contributed by atoms with Crippen LogP contribution in [0.2, 0.25) is 0 Å². The van der Waals surface area contributed by atoms with Crippen LogP contribution in [0.1, 0.15) is 0 Å². The molecule has 2 nitrogen and oxygen atoms in total. The summed E-state index contributed by atoms with van der Waals surface area (Å²) in [5.74, 6) is 0. The average Bonchev–Trinajstić information content (AvgIpc) is 1.69. The summed E-state index contributed by atoms with van der Waals surface area (Å²) in [7, 11) is 2.03. The summed E-state index contributed by atoms with van der Waals surface area (Å²) in [6, 6.07) is 0. The molecule has 0 bridgehead atoms. The molecule has 1 heterocycles. The Hall–Kier alpha value is -0.0800. The summed E-state index contributed by atoms with van der Waals surface area (Å²) in [6.45, 7) is 3.78. The topological polar surface area (TPSA) is 11.9 Å². The van der Waals surface area contributed by atoms with E-state index in [1.807, 2.05) is 7.11 Å². The van der Waals surface area contributed by atoms with E-state index in [1.54, 1.807) is 0 Å². The van der Waals surface area contributed by atoms with Crippen LogP contribution in [0.3, 0.4) is 0 Å². The monoisotopic (exact) mass is 103 g/mol. The van der Waals surface area contributed by atoms with Gasteiger partial charge in [0.05, 0.1) is 0 Å². The summed E-state index contributed by atoms with van der Waals surface area (Å²) in [4.78, 5) is 0. The van der Waals surface area contributed by atoms with Crippen LogP contribution in [-0.4, -0.2) is 33.5 Å². The summed E-state index contributed by atoms with van der Waals surface area (Å²) >= 11 is 0. The van der Waals surface area contributed by atoms with Crippen LogP contribution in [0.5, 0.6) is 0 Å². The van der Waals surface area contributed by atoms with Crippen molar-refractivity contribution < 1.29 is 9.10 Å². The Morgan fingerprint density at radius 3 is 2.14 bits per heavy atom. The van der Waals surface area contributed by atoms with E-state index in [1.165, 1.54) is 0 Å². The highest BCUT2D eigenvalue weighted by atomic mass is 16.7. The van der Waals surface area contributed by atoms with Crippen LogP contribution in [0, 0.1) is 0 Å². The van der Waals surface area contributed by atoms with Gasteiger partial charge in [0.2, 0.25) is 0 Å². The lowest BCUT2D eigenvalue weighted by atomic mass is 10.6. The predicted molar refractivity (Wildman–Crippen MR) is 27.6 cm³/mol. The molecule has 0 aromatic heterocycles. The molecule has 0 saturated carbocycles. The van der Waals surface area contributed by atoms with E-state index in [-0.39, 0.29) is 0 Å². The first-order chi connectivity index (χ1) is 3.39. The third kappa shape index (κ3) is 1.45. The van der Waals surface area contributed by atoms with E-state index in [4.69, 9.17) is 4.74 Å². The Morgan fingerprint density at radius 1 is 1.29 bits per heavy atom. The maximum Gasteiger partial charge on any atom is 0.169 e. The fraction of sp³-hybridized carbons (Fsp3) is 1.00. The molecule has 0 aromatic carbocycles. The molecule has 1 rings (SSSR count). The molecular weight excluding hydrogens is 92.1 g/mol. The van der Waals surface area contributed by atoms with Gasteiger partial charge in [0.1, 0.15) is 20.3 Å². The molecular formula is C5H11O2+. The summed E-state index contributed by atoms with van der Waals surface area (Å²) in [5, 5.41) is 0. The molecule has 7 heavy (non-hydrogen) atoms. The standard InChI is InChI=1S/C5H11O2/c1-7-4-2-6-3-5-7/h2-5H2,1H3/q+1. The summed E-state index contributed by atoms with van der Waals surface area (Å²) < 4.78 is 8.02. The van der Waals surface area contributed by atoms with Crippen molar-refractivity contribution in [3.05, 3.63) is 0 Å². The molecule has 0 radical (unpaired) electrons. The van der Waals surface area contributed by atoms with Crippen molar-refractivity contribution in [2.45, 2.75) is 0 Å². The van der Waals surface area contributed by atoms with Gasteiger partial charge in [-0.1, -0.05) is 0 Å². The van der Waals surface area contributed by atoms with Crippen molar-refractivity contribution >= 4 is 0 Å². The van der Waals surface area contributed by atoms with E-state index < -0.39 is 0 Å². The van der Waals surface area contributed by atoms with Crippen molar-refractivity contribution in [2.24, 2.45) is 0 Å². The molecule has 1 aliphatic heterocycles. The second kappa shape index (κ2) is 2.28. The fourth-order valence-corrected chi connectivity index (χ4v) is 0.606. The molecule has 0 spiro atoms. The van der Waals surface area contributed by atoms with Crippen LogP contribution in [-0.2, 0) is 9.10 Å². The number of hydrogen-bond donors (Lipinski definition) is 0. The third-order valence-corrected chi connectivity index (χ3v) is 1.15. The Morgan fingerprint density at radius 2 is 1.86 bits per heavy atom. The normalized spacial score (nSPS) is 25.3. The smallest absolute Gasteiger partial charge is 0.169 e. The Bertz CT molecular complexity index is 48.0. The van der Waals surface area contributed by atoms with Crippen molar-refractivity contribution in [2.75, 3.05) is 33.5 Å². The number of rotatable bonds is 0. The summed E-state index contributed by atoms with van der Waals surface area (Å²) in [6.07, 6.45) is 0. The van der Waals surface area contributed by atoms with E-state index in [0.717, 1.165) is 26.4 Å². The van der Waals surface area contributed by atoms with Crippen LogP contribution in [0.4, 0.5) is 0 Å². The van der Waals surface area contributed by atoms with Crippen LogP contribution < -0.4 is 0 Å². The van der Waals surface area contributed by atoms with Gasteiger partial charge in [0.15, 0.2) is 13.2 Å². The van der Waals surface area contributed by atoms with E-state index in [2.05, 4.69) is 4.37 Å². The maximum atomic E-state index is 5.08. The minimum Gasteiger partial charge on any atom is -0.421 e. The highest BCUT2D eigenvalue weighted by Crippen LogP contribution is 1.95. The number of ether oxygens (including phenoxy) is 1. The summed E-state index contributed by atoms with van der Waals surface area (Å²) in [5.41, 5.74) is 0. The van der Waals surface area contributed by atoms with Crippen LogP contribution in [0.15, 0.2) is 0 Å². The minimum atomic E-state index is 0.876. The van der Waals surface area contributed by atoms with Crippen molar-refractivity contribution in [1.82, 2.24) is 0 Å². The molecule has 2 heteroatoms. The van der Waals surface area contributed by atoms with Gasteiger partial charge in [0, 0.05) is 0 Å². The lowest BCUT2D eigenvalue weighted by Gasteiger charge is -2.18. The van der Waals surface area contributed by atoms with Gasteiger partial charge in [-0.25, -0.2) is 0 Å². The molecule has 0 aromatic rings. The van der Waals surface area contributed by atoms with E-state index in [9.17, 15) is 0 Å². The third-order valence-electron chi connectivity index (χ3n) is 1.15. The molecule has 0 unspecified atom stereocenters. The van der Waals surface area contributed by atoms with Gasteiger partial charge in [-0.15, -0.1) is 0 Å². The van der Waals surface area contributed by atoms with Gasteiger partial charge in [0.25, 0.3) is 0 Å². The van der Waals surface area contributed by atoms with Crippen molar-refractivity contribution in [1.29, 1.82) is 0 Å². The zero-order valence-corrected chi connectivity index (χ0v) is 4.64. The Balaban J connectivity index is 2.12. The molecule has 42 valence electrons. The van der Waals surface area contributed by atoms with Crippen LogP contribution in [0.25, 0.3) is 0 Å². The molecule has 0 amide bonds. The van der Waals surface area contributed by atoms with E-state index in [0.29, 0.717) is 0 Å². The molecule has 0 aliphatic carbocycles. The lowest BCUT2D eigenvalue weighted by molar-refractivity contribution is -0.173. The lowest BCUT2D eigenvalue weighted by Crippen LogP contribution is -2.26. The highest BCUT2D eigenvalue weighted by Gasteiger charge is 2.07. The quantitative estimate of drug-likeness (QED) is 0.399. The van der Waals surface area contributed by atoms with Crippen LogP contribution >= 0.6 is 0 Å². The van der Waals surface area contributed by atoms with E-state index >= 15 is 0 Å². The first-order valence-electron chi connectivity index (χ1n) is 2.56.